The Morgan fingerprint density at radius 2 is 1.45 bits per heavy atom. The summed E-state index contributed by atoms with van der Waals surface area (Å²) in [4.78, 5) is -0.405. The van der Waals surface area contributed by atoms with E-state index in [1.807, 2.05) is 0 Å². The standard InChI is InChI=1S/C13H9Cl4NO3S/c14-8-1-7(2-9(15)3-8)6-18-22(20,21)12-5-10(16)4-11(17)13(12)19/h1-5,18-19H,6H2. The van der Waals surface area contributed by atoms with E-state index in [-0.39, 0.29) is 16.6 Å². The van der Waals surface area contributed by atoms with Crippen LogP contribution in [0, 0.1) is 0 Å². The summed E-state index contributed by atoms with van der Waals surface area (Å²) >= 11 is 23.2. The summed E-state index contributed by atoms with van der Waals surface area (Å²) in [6.45, 7) is -0.0633. The van der Waals surface area contributed by atoms with E-state index in [0.29, 0.717) is 15.6 Å². The van der Waals surface area contributed by atoms with Crippen molar-refractivity contribution in [3.05, 3.63) is 56.0 Å². The molecule has 0 aliphatic carbocycles. The Bertz CT molecular complexity index is 804. The molecule has 118 valence electrons. The molecule has 22 heavy (non-hydrogen) atoms. The number of phenolic OH excluding ortho intramolecular Hbond substituents is 1. The largest absolute Gasteiger partial charge is 0.505 e. The normalized spacial score (nSPS) is 11.6. The highest BCUT2D eigenvalue weighted by Gasteiger charge is 2.21. The van der Waals surface area contributed by atoms with Crippen molar-refractivity contribution in [3.8, 4) is 5.75 Å². The number of nitrogens with one attached hydrogen (secondary N) is 1. The number of rotatable bonds is 4. The molecule has 0 amide bonds. The monoisotopic (exact) mass is 399 g/mol. The summed E-state index contributed by atoms with van der Waals surface area (Å²) in [7, 11) is -4.01. The van der Waals surface area contributed by atoms with Crippen molar-refractivity contribution >= 4 is 56.4 Å². The maximum absolute atomic E-state index is 12.2. The van der Waals surface area contributed by atoms with Gasteiger partial charge in [-0.15, -0.1) is 0 Å². The van der Waals surface area contributed by atoms with E-state index in [1.54, 1.807) is 12.1 Å². The van der Waals surface area contributed by atoms with Crippen LogP contribution >= 0.6 is 46.4 Å². The highest BCUT2D eigenvalue weighted by Crippen LogP contribution is 2.34. The minimum absolute atomic E-state index is 0.0633. The lowest BCUT2D eigenvalue weighted by molar-refractivity contribution is 0.458. The van der Waals surface area contributed by atoms with E-state index in [4.69, 9.17) is 46.4 Å². The van der Waals surface area contributed by atoms with E-state index in [1.165, 1.54) is 12.1 Å². The van der Waals surface area contributed by atoms with Gasteiger partial charge in [0, 0.05) is 21.6 Å². The molecule has 2 aromatic carbocycles. The van der Waals surface area contributed by atoms with Crippen LogP contribution in [0.5, 0.6) is 5.75 Å². The molecule has 0 fully saturated rings. The number of aromatic hydroxyl groups is 1. The first-order chi connectivity index (χ1) is 10.2. The molecule has 0 saturated heterocycles. The van der Waals surface area contributed by atoms with Gasteiger partial charge >= 0.3 is 0 Å². The molecule has 0 atom stereocenters. The highest BCUT2D eigenvalue weighted by atomic mass is 35.5. The quantitative estimate of drug-likeness (QED) is 0.794. The van der Waals surface area contributed by atoms with Crippen LogP contribution in [-0.2, 0) is 16.6 Å². The van der Waals surface area contributed by atoms with Crippen LogP contribution in [0.1, 0.15) is 5.56 Å². The Morgan fingerprint density at radius 1 is 0.909 bits per heavy atom. The number of halogens is 4. The second-order valence-electron chi connectivity index (χ2n) is 4.34. The maximum Gasteiger partial charge on any atom is 0.244 e. The molecule has 0 saturated carbocycles. The third-order valence-electron chi connectivity index (χ3n) is 2.67. The van der Waals surface area contributed by atoms with Crippen molar-refractivity contribution in [2.75, 3.05) is 0 Å². The number of sulfonamides is 1. The molecule has 0 bridgehead atoms. The third-order valence-corrected chi connectivity index (χ3v) is 5.03. The Morgan fingerprint density at radius 3 is 2.05 bits per heavy atom. The fraction of sp³-hybridized carbons (Fsp3) is 0.0769. The van der Waals surface area contributed by atoms with Crippen LogP contribution in [-0.4, -0.2) is 13.5 Å². The molecule has 0 aliphatic heterocycles. The molecule has 2 rings (SSSR count). The molecule has 0 aliphatic rings. The van der Waals surface area contributed by atoms with E-state index >= 15 is 0 Å². The SMILES string of the molecule is O=S(=O)(NCc1cc(Cl)cc(Cl)c1)c1cc(Cl)cc(Cl)c1O. The number of phenols is 1. The van der Waals surface area contributed by atoms with Gasteiger partial charge in [0.25, 0.3) is 0 Å². The van der Waals surface area contributed by atoms with Gasteiger partial charge in [0.2, 0.25) is 10.0 Å². The zero-order valence-corrected chi connectivity index (χ0v) is 14.6. The first kappa shape index (κ1) is 17.7. The zero-order valence-electron chi connectivity index (χ0n) is 10.8. The molecule has 0 heterocycles. The van der Waals surface area contributed by atoms with Gasteiger partial charge in [0.1, 0.15) is 4.90 Å². The molecule has 0 aromatic heterocycles. The van der Waals surface area contributed by atoms with Gasteiger partial charge in [0.15, 0.2) is 5.75 Å². The number of hydrogen-bond acceptors (Lipinski definition) is 3. The van der Waals surface area contributed by atoms with Crippen molar-refractivity contribution in [2.45, 2.75) is 11.4 Å². The van der Waals surface area contributed by atoms with Crippen molar-refractivity contribution < 1.29 is 13.5 Å². The van der Waals surface area contributed by atoms with Gasteiger partial charge in [-0.3, -0.25) is 0 Å². The second kappa shape index (κ2) is 6.83. The minimum Gasteiger partial charge on any atom is -0.505 e. The zero-order chi connectivity index (χ0) is 16.5. The summed E-state index contributed by atoms with van der Waals surface area (Å²) in [5.41, 5.74) is 0.564. The van der Waals surface area contributed by atoms with Gasteiger partial charge in [-0.1, -0.05) is 46.4 Å². The van der Waals surface area contributed by atoms with Gasteiger partial charge in [-0.25, -0.2) is 13.1 Å². The van der Waals surface area contributed by atoms with Gasteiger partial charge in [0.05, 0.1) is 5.02 Å². The van der Waals surface area contributed by atoms with Crippen LogP contribution in [0.2, 0.25) is 20.1 Å². The molecule has 4 nitrogen and oxygen atoms in total. The van der Waals surface area contributed by atoms with Crippen LogP contribution in [0.25, 0.3) is 0 Å². The molecule has 2 N–H and O–H groups in total. The summed E-state index contributed by atoms with van der Waals surface area (Å²) < 4.78 is 26.8. The molecular weight excluding hydrogens is 392 g/mol. The predicted octanol–water partition coefficient (Wildman–Crippen LogP) is 4.48. The highest BCUT2D eigenvalue weighted by molar-refractivity contribution is 7.89. The van der Waals surface area contributed by atoms with Crippen LogP contribution < -0.4 is 4.72 Å². The molecule has 0 spiro atoms. The summed E-state index contributed by atoms with van der Waals surface area (Å²) in [5, 5.41) is 10.5. The van der Waals surface area contributed by atoms with Crippen LogP contribution in [0.3, 0.4) is 0 Å². The molecule has 0 radical (unpaired) electrons. The first-order valence-corrected chi connectivity index (χ1v) is 8.81. The number of hydrogen-bond donors (Lipinski definition) is 2. The number of benzene rings is 2. The van der Waals surface area contributed by atoms with Crippen molar-refractivity contribution in [2.24, 2.45) is 0 Å². The first-order valence-electron chi connectivity index (χ1n) is 5.81. The minimum atomic E-state index is -4.01. The average molecular weight is 401 g/mol. The predicted molar refractivity (Wildman–Crippen MR) is 88.6 cm³/mol. The Balaban J connectivity index is 2.29. The average Bonchev–Trinajstić information content (AvgIpc) is 2.39. The van der Waals surface area contributed by atoms with E-state index in [9.17, 15) is 13.5 Å². The Hall–Kier alpha value is -0.690. The van der Waals surface area contributed by atoms with Gasteiger partial charge in [-0.05, 0) is 35.9 Å². The van der Waals surface area contributed by atoms with E-state index < -0.39 is 20.7 Å². The van der Waals surface area contributed by atoms with Gasteiger partial charge < -0.3 is 5.11 Å². The molecule has 9 heteroatoms. The Labute approximate surface area is 147 Å². The molecule has 2 aromatic rings. The van der Waals surface area contributed by atoms with Gasteiger partial charge in [-0.2, -0.15) is 0 Å². The lowest BCUT2D eigenvalue weighted by Crippen LogP contribution is -2.23. The fourth-order valence-electron chi connectivity index (χ4n) is 1.72. The Kier molecular flexibility index (Phi) is 5.48. The van der Waals surface area contributed by atoms with Crippen molar-refractivity contribution in [1.29, 1.82) is 0 Å². The lowest BCUT2D eigenvalue weighted by Gasteiger charge is -2.10. The molecular formula is C13H9Cl4NO3S. The second-order valence-corrected chi connectivity index (χ2v) is 7.79. The maximum atomic E-state index is 12.2. The van der Waals surface area contributed by atoms with Crippen molar-refractivity contribution in [3.63, 3.8) is 0 Å². The topological polar surface area (TPSA) is 66.4 Å². The molecule has 0 unspecified atom stereocenters. The smallest absolute Gasteiger partial charge is 0.244 e. The summed E-state index contributed by atoms with van der Waals surface area (Å²) in [6, 6.07) is 7.02. The third kappa shape index (κ3) is 4.19. The summed E-state index contributed by atoms with van der Waals surface area (Å²) in [5.74, 6) is -0.567. The van der Waals surface area contributed by atoms with Crippen molar-refractivity contribution in [1.82, 2.24) is 4.72 Å². The van der Waals surface area contributed by atoms with Crippen LogP contribution in [0.4, 0.5) is 0 Å². The summed E-state index contributed by atoms with van der Waals surface area (Å²) in [6.07, 6.45) is 0. The fourth-order valence-corrected chi connectivity index (χ4v) is 4.06. The van der Waals surface area contributed by atoms with E-state index in [0.717, 1.165) is 6.07 Å². The lowest BCUT2D eigenvalue weighted by atomic mass is 10.2. The van der Waals surface area contributed by atoms with Crippen LogP contribution in [0.15, 0.2) is 35.2 Å². The van der Waals surface area contributed by atoms with E-state index in [2.05, 4.69) is 4.72 Å².